The van der Waals surface area contributed by atoms with Gasteiger partial charge >= 0.3 is 0 Å². The minimum absolute atomic E-state index is 0.700. The molecular formula is C40H31N5. The van der Waals surface area contributed by atoms with Crippen molar-refractivity contribution in [3.63, 3.8) is 0 Å². The lowest BCUT2D eigenvalue weighted by atomic mass is 9.95. The Bertz CT molecular complexity index is 1950. The number of nitrogens with zero attached hydrogens (tertiary/aromatic N) is 3. The van der Waals surface area contributed by atoms with Gasteiger partial charge < -0.3 is 11.5 Å². The quantitative estimate of drug-likeness (QED) is 0.145. The molecule has 1 heterocycles. The maximum absolute atomic E-state index is 5.96. The fourth-order valence-electron chi connectivity index (χ4n) is 5.48. The van der Waals surface area contributed by atoms with E-state index in [-0.39, 0.29) is 0 Å². The predicted molar refractivity (Wildman–Crippen MR) is 186 cm³/mol. The second-order valence-electron chi connectivity index (χ2n) is 10.9. The smallest absolute Gasteiger partial charge is 0.168 e. The Morgan fingerprint density at radius 3 is 1.29 bits per heavy atom. The molecule has 4 N–H and O–H groups in total. The number of benzene rings is 6. The lowest BCUT2D eigenvalue weighted by Crippen LogP contribution is -2.01. The molecule has 0 spiro atoms. The van der Waals surface area contributed by atoms with Crippen molar-refractivity contribution < 1.29 is 0 Å². The fourth-order valence-corrected chi connectivity index (χ4v) is 5.48. The number of anilines is 2. The summed E-state index contributed by atoms with van der Waals surface area (Å²) in [6, 6.07) is 53.6. The van der Waals surface area contributed by atoms with Crippen LogP contribution < -0.4 is 11.5 Å². The van der Waals surface area contributed by atoms with Crippen molar-refractivity contribution in [2.24, 2.45) is 0 Å². The Kier molecular flexibility index (Phi) is 7.48. The summed E-state index contributed by atoms with van der Waals surface area (Å²) in [4.78, 5) is 0. The standard InChI is InChI=1S/C40H31N5/c41-35-21-15-33(16-22-35)39-43-44-40(34-17-23-36(42)24-18-34)45(39)37-25-19-30(20-26-37)29-13-11-28(12-14-29)27-38(31-7-3-1-4-8-31)32-9-5-2-6-10-32/h1-27H,41-42H2. The van der Waals surface area contributed by atoms with Crippen LogP contribution in [-0.4, -0.2) is 14.8 Å². The highest BCUT2D eigenvalue weighted by atomic mass is 15.3. The molecule has 0 fully saturated rings. The molecule has 7 rings (SSSR count). The Balaban J connectivity index is 1.22. The van der Waals surface area contributed by atoms with Gasteiger partial charge in [-0.05, 0) is 100 Å². The molecule has 0 saturated heterocycles. The molecule has 0 unspecified atom stereocenters. The highest BCUT2D eigenvalue weighted by Gasteiger charge is 2.17. The summed E-state index contributed by atoms with van der Waals surface area (Å²) < 4.78 is 2.07. The summed E-state index contributed by atoms with van der Waals surface area (Å²) in [7, 11) is 0. The molecule has 7 aromatic rings. The first-order chi connectivity index (χ1) is 22.1. The van der Waals surface area contributed by atoms with Crippen molar-refractivity contribution in [1.29, 1.82) is 0 Å². The van der Waals surface area contributed by atoms with E-state index in [1.54, 1.807) is 0 Å². The third-order valence-corrected chi connectivity index (χ3v) is 7.85. The summed E-state index contributed by atoms with van der Waals surface area (Å²) in [5.74, 6) is 1.47. The number of rotatable bonds is 7. The van der Waals surface area contributed by atoms with Gasteiger partial charge in [-0.2, -0.15) is 0 Å². The van der Waals surface area contributed by atoms with Crippen LogP contribution in [0.15, 0.2) is 158 Å². The van der Waals surface area contributed by atoms with Gasteiger partial charge in [0.2, 0.25) is 0 Å². The van der Waals surface area contributed by atoms with Crippen LogP contribution in [0, 0.1) is 0 Å². The summed E-state index contributed by atoms with van der Waals surface area (Å²) >= 11 is 0. The summed E-state index contributed by atoms with van der Waals surface area (Å²) in [6.45, 7) is 0. The lowest BCUT2D eigenvalue weighted by Gasteiger charge is -2.12. The van der Waals surface area contributed by atoms with E-state index < -0.39 is 0 Å². The minimum atomic E-state index is 0.700. The number of nitrogen functional groups attached to an aromatic ring is 2. The monoisotopic (exact) mass is 581 g/mol. The molecule has 0 aliphatic heterocycles. The number of hydrogen-bond acceptors (Lipinski definition) is 4. The molecule has 0 aliphatic carbocycles. The van der Waals surface area contributed by atoms with E-state index >= 15 is 0 Å². The third kappa shape index (κ3) is 5.88. The van der Waals surface area contributed by atoms with Crippen LogP contribution in [0.2, 0.25) is 0 Å². The highest BCUT2D eigenvalue weighted by Crippen LogP contribution is 2.32. The van der Waals surface area contributed by atoms with Gasteiger partial charge in [-0.15, -0.1) is 10.2 Å². The van der Waals surface area contributed by atoms with Crippen LogP contribution in [0.5, 0.6) is 0 Å². The number of nitrogens with two attached hydrogens (primary N) is 2. The van der Waals surface area contributed by atoms with Crippen LogP contribution in [-0.2, 0) is 0 Å². The van der Waals surface area contributed by atoms with Crippen LogP contribution in [0.4, 0.5) is 11.4 Å². The summed E-state index contributed by atoms with van der Waals surface area (Å²) in [5.41, 5.74) is 23.1. The largest absolute Gasteiger partial charge is 0.399 e. The highest BCUT2D eigenvalue weighted by molar-refractivity contribution is 5.91. The van der Waals surface area contributed by atoms with E-state index in [0.29, 0.717) is 11.4 Å². The molecule has 216 valence electrons. The van der Waals surface area contributed by atoms with E-state index in [9.17, 15) is 0 Å². The summed E-state index contributed by atoms with van der Waals surface area (Å²) in [5, 5.41) is 9.17. The molecule has 1 aromatic heterocycles. The zero-order chi connectivity index (χ0) is 30.6. The first-order valence-electron chi connectivity index (χ1n) is 14.8. The van der Waals surface area contributed by atoms with Crippen molar-refractivity contribution in [2.75, 3.05) is 11.5 Å². The first-order valence-corrected chi connectivity index (χ1v) is 14.8. The van der Waals surface area contributed by atoms with E-state index in [1.807, 2.05) is 60.7 Å². The van der Waals surface area contributed by atoms with Crippen molar-refractivity contribution >= 4 is 23.0 Å². The maximum atomic E-state index is 5.96. The molecule has 45 heavy (non-hydrogen) atoms. The summed E-state index contributed by atoms with van der Waals surface area (Å²) in [6.07, 6.45) is 2.25. The zero-order valence-electron chi connectivity index (χ0n) is 24.6. The Labute approximate surface area is 262 Å². The van der Waals surface area contributed by atoms with Gasteiger partial charge in [-0.3, -0.25) is 4.57 Å². The fraction of sp³-hybridized carbons (Fsp3) is 0. The van der Waals surface area contributed by atoms with Gasteiger partial charge in [-0.1, -0.05) is 97.1 Å². The molecule has 0 amide bonds. The zero-order valence-corrected chi connectivity index (χ0v) is 24.6. The molecular weight excluding hydrogens is 550 g/mol. The van der Waals surface area contributed by atoms with Gasteiger partial charge in [0.25, 0.3) is 0 Å². The van der Waals surface area contributed by atoms with Crippen molar-refractivity contribution in [2.45, 2.75) is 0 Å². The predicted octanol–water partition coefficient (Wildman–Crippen LogP) is 9.02. The van der Waals surface area contributed by atoms with Gasteiger partial charge in [0, 0.05) is 28.2 Å². The minimum Gasteiger partial charge on any atom is -0.399 e. The Morgan fingerprint density at radius 1 is 0.444 bits per heavy atom. The van der Waals surface area contributed by atoms with Crippen LogP contribution in [0.3, 0.4) is 0 Å². The van der Waals surface area contributed by atoms with Crippen molar-refractivity contribution in [1.82, 2.24) is 14.8 Å². The van der Waals surface area contributed by atoms with E-state index in [1.165, 1.54) is 16.7 Å². The molecule has 5 nitrogen and oxygen atoms in total. The van der Waals surface area contributed by atoms with Crippen LogP contribution >= 0.6 is 0 Å². The second-order valence-corrected chi connectivity index (χ2v) is 10.9. The van der Waals surface area contributed by atoms with Gasteiger partial charge in [0.05, 0.1) is 0 Å². The molecule has 6 aromatic carbocycles. The number of hydrogen-bond donors (Lipinski definition) is 2. The average Bonchev–Trinajstić information content (AvgIpc) is 3.54. The normalized spacial score (nSPS) is 10.8. The first kappa shape index (κ1) is 27.6. The van der Waals surface area contributed by atoms with E-state index in [4.69, 9.17) is 11.5 Å². The average molecular weight is 582 g/mol. The molecule has 0 atom stereocenters. The van der Waals surface area contributed by atoms with E-state index in [2.05, 4.69) is 118 Å². The van der Waals surface area contributed by atoms with Gasteiger partial charge in [0.1, 0.15) is 0 Å². The molecule has 0 radical (unpaired) electrons. The van der Waals surface area contributed by atoms with Crippen LogP contribution in [0.25, 0.3) is 51.2 Å². The third-order valence-electron chi connectivity index (χ3n) is 7.85. The van der Waals surface area contributed by atoms with E-state index in [0.717, 1.165) is 45.2 Å². The lowest BCUT2D eigenvalue weighted by molar-refractivity contribution is 1.07. The SMILES string of the molecule is Nc1ccc(-c2nnc(-c3ccc(N)cc3)n2-c2ccc(-c3ccc(C=C(c4ccccc4)c4ccccc4)cc3)cc2)cc1. The molecule has 0 saturated carbocycles. The van der Waals surface area contributed by atoms with Crippen molar-refractivity contribution in [3.8, 4) is 39.6 Å². The Hall–Kier alpha value is -6.20. The second kappa shape index (κ2) is 12.2. The van der Waals surface area contributed by atoms with Gasteiger partial charge in [-0.25, -0.2) is 0 Å². The molecule has 5 heteroatoms. The molecule has 0 aliphatic rings. The van der Waals surface area contributed by atoms with Gasteiger partial charge in [0.15, 0.2) is 11.6 Å². The van der Waals surface area contributed by atoms with Crippen molar-refractivity contribution in [3.05, 3.63) is 174 Å². The topological polar surface area (TPSA) is 82.8 Å². The number of aromatic nitrogens is 3. The van der Waals surface area contributed by atoms with Crippen LogP contribution in [0.1, 0.15) is 16.7 Å². The maximum Gasteiger partial charge on any atom is 0.168 e. The molecule has 0 bridgehead atoms. The Morgan fingerprint density at radius 2 is 0.844 bits per heavy atom.